The first-order chi connectivity index (χ1) is 11.1. The van der Waals surface area contributed by atoms with Crippen molar-refractivity contribution >= 4 is 11.9 Å². The molecule has 126 valence electrons. The van der Waals surface area contributed by atoms with Crippen molar-refractivity contribution < 1.29 is 4.79 Å². The van der Waals surface area contributed by atoms with Gasteiger partial charge in [-0.25, -0.2) is 9.97 Å². The minimum atomic E-state index is -0.147. The van der Waals surface area contributed by atoms with Crippen LogP contribution in [-0.4, -0.2) is 45.9 Å². The number of aryl methyl sites for hydroxylation is 1. The molecule has 6 heteroatoms. The van der Waals surface area contributed by atoms with Gasteiger partial charge in [0.05, 0.1) is 0 Å². The molecule has 23 heavy (non-hydrogen) atoms. The third-order valence-electron chi connectivity index (χ3n) is 5.24. The van der Waals surface area contributed by atoms with Crippen LogP contribution >= 0.6 is 0 Å². The Morgan fingerprint density at radius 1 is 1.22 bits per heavy atom. The Bertz CT molecular complexity index is 542. The van der Waals surface area contributed by atoms with Crippen LogP contribution < -0.4 is 11.1 Å². The van der Waals surface area contributed by atoms with Crippen LogP contribution in [-0.2, 0) is 0 Å². The average Bonchev–Trinajstić information content (AvgIpc) is 3.07. The molecule has 2 aliphatic rings. The molecule has 3 N–H and O–H groups in total. The van der Waals surface area contributed by atoms with E-state index in [2.05, 4.69) is 20.2 Å². The largest absolute Gasteiger partial charge is 0.368 e. The molecule has 2 heterocycles. The van der Waals surface area contributed by atoms with Crippen molar-refractivity contribution in [3.05, 3.63) is 17.5 Å². The van der Waals surface area contributed by atoms with E-state index < -0.39 is 0 Å². The molecule has 1 saturated heterocycles. The SMILES string of the molecule is Cc1cc(C(=O)NCC2(N3CCCC3)CCCCC2)nc(N)n1. The predicted octanol–water partition coefficient (Wildman–Crippen LogP) is 1.90. The Labute approximate surface area is 137 Å². The molecule has 2 fully saturated rings. The first-order valence-corrected chi connectivity index (χ1v) is 8.73. The van der Waals surface area contributed by atoms with Crippen molar-refractivity contribution in [3.8, 4) is 0 Å². The van der Waals surface area contributed by atoms with Crippen LogP contribution in [0.2, 0.25) is 0 Å². The van der Waals surface area contributed by atoms with Crippen LogP contribution in [0.3, 0.4) is 0 Å². The number of aromatic nitrogens is 2. The molecular formula is C17H27N5O. The summed E-state index contributed by atoms with van der Waals surface area (Å²) in [6.45, 7) is 4.85. The summed E-state index contributed by atoms with van der Waals surface area (Å²) in [4.78, 5) is 23.2. The van der Waals surface area contributed by atoms with Crippen molar-refractivity contribution in [2.45, 2.75) is 57.4 Å². The van der Waals surface area contributed by atoms with Gasteiger partial charge in [-0.05, 0) is 51.8 Å². The van der Waals surface area contributed by atoms with E-state index in [1.165, 1.54) is 44.9 Å². The van der Waals surface area contributed by atoms with Crippen LogP contribution in [0.1, 0.15) is 61.1 Å². The number of carbonyl (C=O) groups excluding carboxylic acids is 1. The fourth-order valence-corrected chi connectivity index (χ4v) is 4.05. The molecule has 0 bridgehead atoms. The number of nitrogens with zero attached hydrogens (tertiary/aromatic N) is 3. The molecule has 1 aliphatic heterocycles. The molecule has 0 aromatic carbocycles. The van der Waals surface area contributed by atoms with E-state index in [9.17, 15) is 4.79 Å². The summed E-state index contributed by atoms with van der Waals surface area (Å²) in [7, 11) is 0. The highest BCUT2D eigenvalue weighted by Gasteiger charge is 2.39. The van der Waals surface area contributed by atoms with Crippen LogP contribution in [0, 0.1) is 6.92 Å². The fourth-order valence-electron chi connectivity index (χ4n) is 4.05. The van der Waals surface area contributed by atoms with Gasteiger partial charge in [-0.2, -0.15) is 0 Å². The summed E-state index contributed by atoms with van der Waals surface area (Å²) in [6, 6.07) is 1.69. The minimum absolute atomic E-state index is 0.137. The summed E-state index contributed by atoms with van der Waals surface area (Å²) in [5.74, 6) is 0.00779. The quantitative estimate of drug-likeness (QED) is 0.886. The topological polar surface area (TPSA) is 84.1 Å². The zero-order chi connectivity index (χ0) is 16.3. The van der Waals surface area contributed by atoms with Crippen LogP contribution in [0.4, 0.5) is 5.95 Å². The van der Waals surface area contributed by atoms with Crippen LogP contribution in [0.25, 0.3) is 0 Å². The standard InChI is InChI=1S/C17H27N5O/c1-13-11-14(21-16(18)20-13)15(23)19-12-17(7-3-2-4-8-17)22-9-5-6-10-22/h11H,2-10,12H2,1H3,(H,19,23)(H2,18,20,21). The summed E-state index contributed by atoms with van der Waals surface area (Å²) in [6.07, 6.45) is 8.73. The van der Waals surface area contributed by atoms with E-state index in [0.29, 0.717) is 12.2 Å². The number of nitrogen functional groups attached to an aromatic ring is 1. The molecule has 0 unspecified atom stereocenters. The number of nitrogens with one attached hydrogen (secondary N) is 1. The van der Waals surface area contributed by atoms with Gasteiger partial charge in [-0.3, -0.25) is 9.69 Å². The van der Waals surface area contributed by atoms with Crippen molar-refractivity contribution in [2.75, 3.05) is 25.4 Å². The monoisotopic (exact) mass is 317 g/mol. The molecule has 3 rings (SSSR count). The summed E-state index contributed by atoms with van der Waals surface area (Å²) in [5.41, 5.74) is 6.87. The molecule has 0 radical (unpaired) electrons. The Hall–Kier alpha value is -1.69. The highest BCUT2D eigenvalue weighted by atomic mass is 16.1. The van der Waals surface area contributed by atoms with Gasteiger partial charge in [-0.15, -0.1) is 0 Å². The average molecular weight is 317 g/mol. The van der Waals surface area contributed by atoms with Crippen LogP contribution in [0.5, 0.6) is 0 Å². The molecular weight excluding hydrogens is 290 g/mol. The third kappa shape index (κ3) is 3.63. The lowest BCUT2D eigenvalue weighted by atomic mass is 9.80. The van der Waals surface area contributed by atoms with Gasteiger partial charge in [-0.1, -0.05) is 19.3 Å². The summed E-state index contributed by atoms with van der Waals surface area (Å²) < 4.78 is 0. The summed E-state index contributed by atoms with van der Waals surface area (Å²) >= 11 is 0. The molecule has 1 saturated carbocycles. The first-order valence-electron chi connectivity index (χ1n) is 8.73. The lowest BCUT2D eigenvalue weighted by Gasteiger charge is -2.45. The number of hydrogen-bond acceptors (Lipinski definition) is 5. The van der Waals surface area contributed by atoms with Gasteiger partial charge in [0.15, 0.2) is 0 Å². The number of hydrogen-bond donors (Lipinski definition) is 2. The summed E-state index contributed by atoms with van der Waals surface area (Å²) in [5, 5.41) is 3.11. The van der Waals surface area contributed by atoms with E-state index in [4.69, 9.17) is 5.73 Å². The second-order valence-corrected chi connectivity index (χ2v) is 6.91. The Morgan fingerprint density at radius 2 is 1.91 bits per heavy atom. The molecule has 0 atom stereocenters. The van der Waals surface area contributed by atoms with Crippen molar-refractivity contribution in [2.24, 2.45) is 0 Å². The van der Waals surface area contributed by atoms with Crippen LogP contribution in [0.15, 0.2) is 6.07 Å². The highest BCUT2D eigenvalue weighted by molar-refractivity contribution is 5.92. The van der Waals surface area contributed by atoms with Gasteiger partial charge in [0, 0.05) is 17.8 Å². The van der Waals surface area contributed by atoms with Gasteiger partial charge in [0.2, 0.25) is 5.95 Å². The van der Waals surface area contributed by atoms with E-state index in [1.54, 1.807) is 6.07 Å². The number of nitrogens with two attached hydrogens (primary N) is 1. The lowest BCUT2D eigenvalue weighted by molar-refractivity contribution is 0.0650. The Kier molecular flexibility index (Phi) is 4.80. The minimum Gasteiger partial charge on any atom is -0.368 e. The number of amides is 1. The molecule has 1 amide bonds. The maximum absolute atomic E-state index is 12.5. The second-order valence-electron chi connectivity index (χ2n) is 6.91. The normalized spacial score (nSPS) is 21.3. The molecule has 1 aromatic heterocycles. The molecule has 1 aromatic rings. The van der Waals surface area contributed by atoms with Crippen molar-refractivity contribution in [1.82, 2.24) is 20.2 Å². The smallest absolute Gasteiger partial charge is 0.270 e. The predicted molar refractivity (Wildman–Crippen MR) is 90.1 cm³/mol. The molecule has 6 nitrogen and oxygen atoms in total. The van der Waals surface area contributed by atoms with Gasteiger partial charge < -0.3 is 11.1 Å². The zero-order valence-electron chi connectivity index (χ0n) is 14.0. The van der Waals surface area contributed by atoms with E-state index in [0.717, 1.165) is 18.8 Å². The zero-order valence-corrected chi connectivity index (χ0v) is 14.0. The molecule has 1 aliphatic carbocycles. The van der Waals surface area contributed by atoms with Gasteiger partial charge in [0.25, 0.3) is 5.91 Å². The molecule has 0 spiro atoms. The number of carbonyl (C=O) groups is 1. The highest BCUT2D eigenvalue weighted by Crippen LogP contribution is 2.35. The number of rotatable bonds is 4. The van der Waals surface area contributed by atoms with Gasteiger partial charge in [0.1, 0.15) is 5.69 Å². The van der Waals surface area contributed by atoms with Gasteiger partial charge >= 0.3 is 0 Å². The maximum atomic E-state index is 12.5. The third-order valence-corrected chi connectivity index (χ3v) is 5.24. The van der Waals surface area contributed by atoms with E-state index >= 15 is 0 Å². The number of anilines is 1. The first kappa shape index (κ1) is 16.2. The lowest BCUT2D eigenvalue weighted by Crippen LogP contribution is -2.55. The van der Waals surface area contributed by atoms with Crippen molar-refractivity contribution in [1.29, 1.82) is 0 Å². The maximum Gasteiger partial charge on any atom is 0.270 e. The van der Waals surface area contributed by atoms with Crippen molar-refractivity contribution in [3.63, 3.8) is 0 Å². The fraction of sp³-hybridized carbons (Fsp3) is 0.706. The Morgan fingerprint density at radius 3 is 2.57 bits per heavy atom. The van der Waals surface area contributed by atoms with E-state index in [1.807, 2.05) is 6.92 Å². The number of likely N-dealkylation sites (tertiary alicyclic amines) is 1. The Balaban J connectivity index is 1.69. The second kappa shape index (κ2) is 6.83. The van der Waals surface area contributed by atoms with E-state index in [-0.39, 0.29) is 17.4 Å².